The van der Waals surface area contributed by atoms with Crippen molar-refractivity contribution in [1.29, 1.82) is 0 Å². The zero-order valence-electron chi connectivity index (χ0n) is 15.5. The third-order valence-corrected chi connectivity index (χ3v) is 5.60. The zero-order valence-corrected chi connectivity index (χ0v) is 16.3. The number of likely N-dealkylation sites (tertiary alicyclic amines) is 1. The van der Waals surface area contributed by atoms with E-state index >= 15 is 0 Å². The van der Waals surface area contributed by atoms with Gasteiger partial charge in [-0.05, 0) is 55.1 Å². The topological polar surface area (TPSA) is 20.3 Å². The molecule has 150 valence electrons. The lowest BCUT2D eigenvalue weighted by Crippen LogP contribution is -2.34. The minimum Gasteiger partial charge on any atom is -0.299 e. The van der Waals surface area contributed by atoms with Gasteiger partial charge in [0.1, 0.15) is 5.78 Å². The number of alkyl halides is 3. The summed E-state index contributed by atoms with van der Waals surface area (Å²) in [6.45, 7) is 2.59. The molecule has 0 amide bonds. The van der Waals surface area contributed by atoms with Gasteiger partial charge in [-0.3, -0.25) is 9.69 Å². The number of Topliss-reactive ketones (excluding diaryl/α,β-unsaturated/α-hetero) is 1. The van der Waals surface area contributed by atoms with E-state index in [1.807, 2.05) is 24.3 Å². The summed E-state index contributed by atoms with van der Waals surface area (Å²) >= 11 is 6.22. The van der Waals surface area contributed by atoms with Gasteiger partial charge in [-0.25, -0.2) is 0 Å². The van der Waals surface area contributed by atoms with E-state index in [0.29, 0.717) is 17.9 Å². The number of rotatable bonds is 6. The first-order valence-electron chi connectivity index (χ1n) is 9.45. The lowest BCUT2D eigenvalue weighted by molar-refractivity contribution is -0.137. The molecular weight excluding hydrogens is 387 g/mol. The van der Waals surface area contributed by atoms with Crippen LogP contribution < -0.4 is 0 Å². The third-order valence-electron chi connectivity index (χ3n) is 5.23. The summed E-state index contributed by atoms with van der Waals surface area (Å²) in [5.41, 5.74) is 0.824. The SMILES string of the molecule is O=C(Cc1cccc(C(F)(F)F)c1)CC1CCN(Cc2ccccc2Cl)CC1. The van der Waals surface area contributed by atoms with Crippen LogP contribution >= 0.6 is 11.6 Å². The van der Waals surface area contributed by atoms with Crippen molar-refractivity contribution in [1.82, 2.24) is 4.90 Å². The number of carbonyl (C=O) groups is 1. The van der Waals surface area contributed by atoms with Crippen molar-refractivity contribution in [3.05, 3.63) is 70.2 Å². The van der Waals surface area contributed by atoms with Crippen molar-refractivity contribution < 1.29 is 18.0 Å². The lowest BCUT2D eigenvalue weighted by atomic mass is 9.89. The second-order valence-corrected chi connectivity index (χ2v) is 7.84. The predicted molar refractivity (Wildman–Crippen MR) is 104 cm³/mol. The Labute approximate surface area is 168 Å². The molecule has 0 bridgehead atoms. The normalized spacial score (nSPS) is 16.3. The molecule has 2 aromatic carbocycles. The number of ketones is 1. The van der Waals surface area contributed by atoms with E-state index in [4.69, 9.17) is 11.6 Å². The second-order valence-electron chi connectivity index (χ2n) is 7.43. The van der Waals surface area contributed by atoms with Crippen molar-refractivity contribution in [2.45, 2.75) is 38.4 Å². The van der Waals surface area contributed by atoms with Gasteiger partial charge >= 0.3 is 6.18 Å². The number of piperidine rings is 1. The van der Waals surface area contributed by atoms with Gasteiger partial charge in [-0.2, -0.15) is 13.2 Å². The first kappa shape index (κ1) is 20.9. The quantitative estimate of drug-likeness (QED) is 0.603. The molecule has 0 radical (unpaired) electrons. The van der Waals surface area contributed by atoms with Gasteiger partial charge in [-0.15, -0.1) is 0 Å². The first-order valence-corrected chi connectivity index (χ1v) is 9.82. The molecule has 28 heavy (non-hydrogen) atoms. The maximum Gasteiger partial charge on any atom is 0.416 e. The summed E-state index contributed by atoms with van der Waals surface area (Å²) in [6.07, 6.45) is -2.06. The fraction of sp³-hybridized carbons (Fsp3) is 0.409. The maximum absolute atomic E-state index is 12.8. The Hall–Kier alpha value is -1.85. The van der Waals surface area contributed by atoms with Crippen LogP contribution in [0.5, 0.6) is 0 Å². The Morgan fingerprint density at radius 3 is 2.46 bits per heavy atom. The van der Waals surface area contributed by atoms with E-state index in [1.165, 1.54) is 6.07 Å². The van der Waals surface area contributed by atoms with Crippen LogP contribution in [0.3, 0.4) is 0 Å². The summed E-state index contributed by atoms with van der Waals surface area (Å²) in [5.74, 6) is 0.296. The average molecular weight is 410 g/mol. The molecule has 2 nitrogen and oxygen atoms in total. The Kier molecular flexibility index (Phi) is 6.78. The molecule has 6 heteroatoms. The van der Waals surface area contributed by atoms with E-state index in [-0.39, 0.29) is 12.2 Å². The van der Waals surface area contributed by atoms with E-state index in [1.54, 1.807) is 6.07 Å². The van der Waals surface area contributed by atoms with Crippen molar-refractivity contribution in [2.24, 2.45) is 5.92 Å². The summed E-state index contributed by atoms with van der Waals surface area (Å²) in [4.78, 5) is 14.7. The van der Waals surface area contributed by atoms with E-state index in [0.717, 1.165) is 55.2 Å². The van der Waals surface area contributed by atoms with Gasteiger partial charge in [0.05, 0.1) is 5.56 Å². The molecule has 2 aromatic rings. The van der Waals surface area contributed by atoms with Crippen LogP contribution in [-0.4, -0.2) is 23.8 Å². The Bertz CT molecular complexity index is 813. The molecule has 1 aliphatic rings. The summed E-state index contributed by atoms with van der Waals surface area (Å²) < 4.78 is 38.4. The molecule has 1 heterocycles. The van der Waals surface area contributed by atoms with Gasteiger partial charge in [-0.1, -0.05) is 48.0 Å². The highest BCUT2D eigenvalue weighted by Crippen LogP contribution is 2.30. The highest BCUT2D eigenvalue weighted by Gasteiger charge is 2.30. The fourth-order valence-corrected chi connectivity index (χ4v) is 3.89. The van der Waals surface area contributed by atoms with Crippen molar-refractivity contribution in [2.75, 3.05) is 13.1 Å². The lowest BCUT2D eigenvalue weighted by Gasteiger charge is -2.32. The molecule has 0 atom stereocenters. The minimum atomic E-state index is -4.38. The Morgan fingerprint density at radius 2 is 1.79 bits per heavy atom. The van der Waals surface area contributed by atoms with Crippen LogP contribution in [-0.2, 0) is 23.9 Å². The monoisotopic (exact) mass is 409 g/mol. The number of carbonyl (C=O) groups excluding carboxylic acids is 1. The van der Waals surface area contributed by atoms with Crippen LogP contribution in [0, 0.1) is 5.92 Å². The van der Waals surface area contributed by atoms with Crippen LogP contribution in [0.1, 0.15) is 36.0 Å². The number of halogens is 4. The largest absolute Gasteiger partial charge is 0.416 e. The summed E-state index contributed by atoms with van der Waals surface area (Å²) in [6, 6.07) is 12.8. The Balaban J connectivity index is 1.47. The third kappa shape index (κ3) is 5.82. The van der Waals surface area contributed by atoms with Crippen LogP contribution in [0.4, 0.5) is 13.2 Å². The molecule has 0 unspecified atom stereocenters. The summed E-state index contributed by atoms with van der Waals surface area (Å²) in [5, 5.41) is 0.765. The summed E-state index contributed by atoms with van der Waals surface area (Å²) in [7, 11) is 0. The molecule has 0 aromatic heterocycles. The van der Waals surface area contributed by atoms with Crippen molar-refractivity contribution in [3.63, 3.8) is 0 Å². The van der Waals surface area contributed by atoms with Gasteiger partial charge in [0.2, 0.25) is 0 Å². The molecular formula is C22H23ClF3NO. The van der Waals surface area contributed by atoms with E-state index < -0.39 is 11.7 Å². The standard InChI is InChI=1S/C22H23ClF3NO/c23-21-7-2-1-5-18(21)15-27-10-8-16(9-11-27)13-20(28)14-17-4-3-6-19(12-17)22(24,25)26/h1-7,12,16H,8-11,13-15H2. The van der Waals surface area contributed by atoms with Crippen LogP contribution in [0.25, 0.3) is 0 Å². The molecule has 1 aliphatic heterocycles. The van der Waals surface area contributed by atoms with E-state index in [2.05, 4.69) is 4.90 Å². The van der Waals surface area contributed by atoms with Crippen molar-refractivity contribution in [3.8, 4) is 0 Å². The highest BCUT2D eigenvalue weighted by atomic mass is 35.5. The van der Waals surface area contributed by atoms with Gasteiger partial charge in [0.25, 0.3) is 0 Å². The molecule has 0 N–H and O–H groups in total. The first-order chi connectivity index (χ1) is 13.3. The molecule has 1 saturated heterocycles. The fourth-order valence-electron chi connectivity index (χ4n) is 3.70. The van der Waals surface area contributed by atoms with Crippen molar-refractivity contribution >= 4 is 17.4 Å². The zero-order chi connectivity index (χ0) is 20.1. The number of hydrogen-bond acceptors (Lipinski definition) is 2. The van der Waals surface area contributed by atoms with Gasteiger partial charge in [0, 0.05) is 24.4 Å². The second kappa shape index (κ2) is 9.10. The average Bonchev–Trinajstić information content (AvgIpc) is 2.65. The van der Waals surface area contributed by atoms with Gasteiger partial charge in [0.15, 0.2) is 0 Å². The van der Waals surface area contributed by atoms with Gasteiger partial charge < -0.3 is 0 Å². The van der Waals surface area contributed by atoms with Crippen LogP contribution in [0.2, 0.25) is 5.02 Å². The van der Waals surface area contributed by atoms with Crippen LogP contribution in [0.15, 0.2) is 48.5 Å². The molecule has 1 fully saturated rings. The predicted octanol–water partition coefficient (Wildman–Crippen LogP) is 5.77. The molecule has 3 rings (SSSR count). The minimum absolute atomic E-state index is 0.00359. The Morgan fingerprint density at radius 1 is 1.07 bits per heavy atom. The number of nitrogens with zero attached hydrogens (tertiary/aromatic N) is 1. The number of hydrogen-bond donors (Lipinski definition) is 0. The number of benzene rings is 2. The highest BCUT2D eigenvalue weighted by molar-refractivity contribution is 6.31. The molecule has 0 saturated carbocycles. The molecule has 0 aliphatic carbocycles. The smallest absolute Gasteiger partial charge is 0.299 e. The van der Waals surface area contributed by atoms with E-state index in [9.17, 15) is 18.0 Å². The maximum atomic E-state index is 12.8. The molecule has 0 spiro atoms.